The maximum Gasteiger partial charge on any atom is 0.123 e. The van der Waals surface area contributed by atoms with Crippen molar-refractivity contribution in [3.8, 4) is 67.2 Å². The Morgan fingerprint density at radius 1 is 0.435 bits per heavy atom. The Morgan fingerprint density at radius 2 is 0.968 bits per heavy atom. The predicted molar refractivity (Wildman–Crippen MR) is 236 cm³/mol. The number of halogens is 2. The van der Waals surface area contributed by atoms with Crippen LogP contribution in [0.4, 0.5) is 8.78 Å². The molecule has 0 saturated heterocycles. The molecular weight excluding hydrogens is 1310 g/mol. The fourth-order valence-corrected chi connectivity index (χ4v) is 6.12. The number of nitrogens with zero attached hydrogens (tertiary/aromatic N) is 3. The number of hydrogen-bond donors (Lipinski definition) is 0. The van der Waals surface area contributed by atoms with Gasteiger partial charge in [-0.1, -0.05) is 72.7 Å². The molecule has 0 amide bonds. The third-order valence-electron chi connectivity index (χ3n) is 9.14. The van der Waals surface area contributed by atoms with E-state index in [2.05, 4.69) is 33.2 Å². The summed E-state index contributed by atoms with van der Waals surface area (Å²) >= 11 is 0. The summed E-state index contributed by atoms with van der Waals surface area (Å²) in [6, 6.07) is 40.0. The average molecular weight is 1350 g/mol. The van der Waals surface area contributed by atoms with E-state index in [1.807, 2.05) is 87.6 Å². The minimum absolute atomic E-state index is 0. The molecule has 3 radical (unpaired) electrons. The van der Waals surface area contributed by atoms with E-state index in [0.717, 1.165) is 61.5 Å². The van der Waals surface area contributed by atoms with Crippen LogP contribution in [0.3, 0.4) is 0 Å². The molecule has 0 atom stereocenters. The van der Waals surface area contributed by atoms with Crippen LogP contribution in [0, 0.1) is 50.6 Å². The first-order valence-corrected chi connectivity index (χ1v) is 18.5. The van der Waals surface area contributed by atoms with Crippen molar-refractivity contribution < 1.29 is 81.4 Å². The maximum atomic E-state index is 13.1. The van der Waals surface area contributed by atoms with Crippen LogP contribution in [0.1, 0.15) is 29.0 Å². The Kier molecular flexibility index (Phi) is 14.6. The number of hydrogen-bond acceptors (Lipinski definition) is 3. The summed E-state index contributed by atoms with van der Waals surface area (Å²) in [5.74, 6) is -0.523. The molecule has 0 bridgehead atoms. The summed E-state index contributed by atoms with van der Waals surface area (Å²) in [5, 5.41) is 0. The molecule has 9 rings (SSSR count). The standard InChI is InChI=1S/2C18H13FN.C18H14N.3Ir/c1-13-11-16(19)8-9-17(13)15-7-10-18(20-12-15)14-5-3-2-4-6-14;1-13-11-18(15-5-3-2-4-6-15)20-12-17(13)14-7-9-16(19)10-8-14;1-14-12-18(16-10-6-3-7-11-16)19-13-17(14)15-8-4-2-5-9-15;;;/h2*2-5,7-12H,1H3;2-10,12-13H,1H3;;;/q3*-1;;;/i;2D,3D,4D,5D;2D,4D,5D,8D,9D;;;. The van der Waals surface area contributed by atoms with Crippen LogP contribution in [0.5, 0.6) is 0 Å². The summed E-state index contributed by atoms with van der Waals surface area (Å²) in [7, 11) is 0. The molecular formula is C54H40F2Ir3N3-3. The molecule has 0 aliphatic heterocycles. The van der Waals surface area contributed by atoms with Gasteiger partial charge in [0.25, 0.3) is 0 Å². The summed E-state index contributed by atoms with van der Waals surface area (Å²) in [6.45, 7) is 5.61. The van der Waals surface area contributed by atoms with Crippen LogP contribution in [-0.4, -0.2) is 15.0 Å². The molecule has 8 heteroatoms. The first-order chi connectivity index (χ1) is 32.5. The quantitative estimate of drug-likeness (QED) is 0.156. The van der Waals surface area contributed by atoms with E-state index in [4.69, 9.17) is 12.3 Å². The normalized spacial score (nSPS) is 12.0. The third-order valence-corrected chi connectivity index (χ3v) is 9.14. The largest absolute Gasteiger partial charge is 0.304 e. The summed E-state index contributed by atoms with van der Waals surface area (Å²) < 4.78 is 96.6. The number of aromatic nitrogens is 3. The van der Waals surface area contributed by atoms with Gasteiger partial charge in [-0.2, -0.15) is 0 Å². The molecule has 0 saturated carbocycles. The SMILES string of the molecule is Cc1cc(F)ccc1-c1ccc(-c2[c-]cccc2)nc1.[2H]c1[c-]c(-c2cc(C)c(-c3ccc(F)cc3)cn2)c([2H])c([2H])c1[2H].[2H]c1c([2H])c([2H])c(-c2cnc(-c3[c-]cccc3)cc2C)c([2H])c1[2H].[Ir].[Ir].[Ir]. The third kappa shape index (κ3) is 13.0. The van der Waals surface area contributed by atoms with Gasteiger partial charge in [-0.05, 0) is 104 Å². The van der Waals surface area contributed by atoms with Gasteiger partial charge in [-0.3, -0.25) is 0 Å². The molecule has 0 unspecified atom stereocenters. The van der Waals surface area contributed by atoms with E-state index in [1.54, 1.807) is 42.7 Å². The van der Waals surface area contributed by atoms with Crippen molar-refractivity contribution >= 4 is 0 Å². The minimum Gasteiger partial charge on any atom is -0.304 e. The van der Waals surface area contributed by atoms with Gasteiger partial charge in [0.2, 0.25) is 0 Å². The van der Waals surface area contributed by atoms with Crippen molar-refractivity contribution in [2.75, 3.05) is 0 Å². The monoisotopic (exact) mass is 1360 g/mol. The Hall–Kier alpha value is -5.42. The van der Waals surface area contributed by atoms with Gasteiger partial charge >= 0.3 is 0 Å². The van der Waals surface area contributed by atoms with Gasteiger partial charge < -0.3 is 15.0 Å². The van der Waals surface area contributed by atoms with Crippen molar-refractivity contribution in [1.29, 1.82) is 0 Å². The summed E-state index contributed by atoms with van der Waals surface area (Å²) in [4.78, 5) is 13.2. The van der Waals surface area contributed by atoms with Crippen LogP contribution in [-0.2, 0) is 60.3 Å². The van der Waals surface area contributed by atoms with Gasteiger partial charge in [0, 0.05) is 92.8 Å². The first-order valence-electron chi connectivity index (χ1n) is 23.0. The molecule has 0 aliphatic carbocycles. The van der Waals surface area contributed by atoms with Gasteiger partial charge in [0.1, 0.15) is 11.6 Å². The molecule has 3 nitrogen and oxygen atoms in total. The second-order valence-electron chi connectivity index (χ2n) is 13.2. The van der Waals surface area contributed by atoms with Gasteiger partial charge in [0.05, 0.1) is 6.85 Å². The van der Waals surface area contributed by atoms with Gasteiger partial charge in [-0.25, -0.2) is 8.78 Å². The minimum atomic E-state index is -0.394. The fourth-order valence-electron chi connectivity index (χ4n) is 6.12. The Labute approximate surface area is 416 Å². The zero-order valence-corrected chi connectivity index (χ0v) is 40.5. The van der Waals surface area contributed by atoms with E-state index in [0.29, 0.717) is 11.3 Å². The molecule has 3 heterocycles. The van der Waals surface area contributed by atoms with E-state index in [-0.39, 0.29) is 131 Å². The Morgan fingerprint density at radius 3 is 1.53 bits per heavy atom. The van der Waals surface area contributed by atoms with Crippen molar-refractivity contribution in [3.05, 3.63) is 235 Å². The molecule has 0 spiro atoms. The average Bonchev–Trinajstić information content (AvgIpc) is 3.35. The van der Waals surface area contributed by atoms with E-state index < -0.39 is 6.04 Å². The summed E-state index contributed by atoms with van der Waals surface area (Å²) in [6.07, 6.45) is 4.99. The van der Waals surface area contributed by atoms with E-state index in [9.17, 15) is 8.78 Å². The fraction of sp³-hybridized carbons (Fsp3) is 0.0556. The number of pyridine rings is 3. The molecule has 0 aliphatic rings. The van der Waals surface area contributed by atoms with Crippen molar-refractivity contribution in [2.24, 2.45) is 0 Å². The Bertz CT molecular complexity index is 3250. The maximum absolute atomic E-state index is 13.1. The number of rotatable bonds is 6. The van der Waals surface area contributed by atoms with Gasteiger partial charge in [-0.15, -0.1) is 108 Å². The smallest absolute Gasteiger partial charge is 0.123 e. The number of aryl methyl sites for hydroxylation is 3. The predicted octanol–water partition coefficient (Wildman–Crippen LogP) is 13.8. The van der Waals surface area contributed by atoms with Crippen LogP contribution < -0.4 is 0 Å². The van der Waals surface area contributed by atoms with Crippen LogP contribution in [0.2, 0.25) is 0 Å². The second kappa shape index (κ2) is 24.3. The van der Waals surface area contributed by atoms with Crippen molar-refractivity contribution in [2.45, 2.75) is 20.8 Å². The molecule has 62 heavy (non-hydrogen) atoms. The van der Waals surface area contributed by atoms with Crippen LogP contribution in [0.15, 0.2) is 188 Å². The summed E-state index contributed by atoms with van der Waals surface area (Å²) in [5.41, 5.74) is 11.0. The second-order valence-corrected chi connectivity index (χ2v) is 13.2. The molecule has 315 valence electrons. The Balaban J connectivity index is 0.000000228. The topological polar surface area (TPSA) is 38.7 Å². The number of benzene rings is 6. The van der Waals surface area contributed by atoms with Crippen molar-refractivity contribution in [1.82, 2.24) is 15.0 Å². The molecule has 6 aromatic carbocycles. The van der Waals surface area contributed by atoms with Crippen LogP contribution in [0.25, 0.3) is 67.2 Å². The first kappa shape index (κ1) is 37.2. The molecule has 9 aromatic rings. The molecule has 0 N–H and O–H groups in total. The van der Waals surface area contributed by atoms with Gasteiger partial charge in [0.15, 0.2) is 0 Å². The van der Waals surface area contributed by atoms with E-state index in [1.165, 1.54) is 24.3 Å². The zero-order chi connectivity index (χ0) is 48.8. The molecule has 0 fully saturated rings. The van der Waals surface area contributed by atoms with Crippen LogP contribution >= 0.6 is 0 Å². The van der Waals surface area contributed by atoms with E-state index >= 15 is 0 Å². The zero-order valence-electron chi connectivity index (χ0n) is 42.3. The molecule has 3 aromatic heterocycles. The van der Waals surface area contributed by atoms with Crippen molar-refractivity contribution in [3.63, 3.8) is 0 Å².